The molecule has 0 spiro atoms. The summed E-state index contributed by atoms with van der Waals surface area (Å²) in [6, 6.07) is 21.7. The Morgan fingerprint density at radius 3 is 2.09 bits per heavy atom. The molecule has 0 aliphatic heterocycles. The molecule has 4 aromatic rings. The van der Waals surface area contributed by atoms with Crippen molar-refractivity contribution in [2.75, 3.05) is 6.61 Å². The molecule has 0 bridgehead atoms. The molecule has 4 rings (SSSR count). The predicted molar refractivity (Wildman–Crippen MR) is 127 cm³/mol. The monoisotopic (exact) mass is 492 g/mol. The normalized spacial score (nSPS) is 11.9. The molecule has 7 heteroatoms. The first-order chi connectivity index (χ1) is 15.4. The summed E-state index contributed by atoms with van der Waals surface area (Å²) in [5, 5.41) is 3.88. The Labute approximate surface area is 192 Å². The average Bonchev–Trinajstić information content (AvgIpc) is 2.81. The van der Waals surface area contributed by atoms with Gasteiger partial charge in [-0.05, 0) is 48.9 Å². The third kappa shape index (κ3) is 4.57. The zero-order valence-electron chi connectivity index (χ0n) is 17.4. The summed E-state index contributed by atoms with van der Waals surface area (Å²) in [5.41, 5.74) is 2.14. The van der Waals surface area contributed by atoms with Gasteiger partial charge in [-0.3, -0.25) is 14.4 Å². The van der Waals surface area contributed by atoms with Crippen molar-refractivity contribution in [1.29, 1.82) is 0 Å². The smallest absolute Gasteiger partial charge is 0.326 e. The molecule has 1 amide bonds. The van der Waals surface area contributed by atoms with E-state index in [0.29, 0.717) is 21.8 Å². The quantitative estimate of drug-likeness (QED) is 0.320. The van der Waals surface area contributed by atoms with Crippen LogP contribution in [0.4, 0.5) is 0 Å². The number of carbonyl (C=O) groups excluding carboxylic acids is 2. The van der Waals surface area contributed by atoms with Crippen molar-refractivity contribution in [3.8, 4) is 0 Å². The van der Waals surface area contributed by atoms with E-state index in [0.717, 1.165) is 10.0 Å². The van der Waals surface area contributed by atoms with Crippen LogP contribution in [0.5, 0.6) is 0 Å². The van der Waals surface area contributed by atoms with E-state index < -0.39 is 5.97 Å². The number of nitrogens with zero attached hydrogens (tertiary/aromatic N) is 1. The Bertz CT molecular complexity index is 1300. The second kappa shape index (κ2) is 9.36. The van der Waals surface area contributed by atoms with Crippen LogP contribution in [0.1, 0.15) is 18.5 Å². The third-order valence-corrected chi connectivity index (χ3v) is 5.81. The number of esters is 1. The standard InChI is InChI=1S/C25H21BrN2O4/c1-16(17-10-12-18(26)13-11-17)27-23(29)15-32-24(30)14-28-21-8-4-2-6-19(21)25(31)20-7-3-5-9-22(20)28/h2-13,16H,14-15H2,1H3,(H,27,29). The highest BCUT2D eigenvalue weighted by molar-refractivity contribution is 9.10. The molecule has 0 fully saturated rings. The van der Waals surface area contributed by atoms with Crippen molar-refractivity contribution >= 4 is 49.6 Å². The molecule has 6 nitrogen and oxygen atoms in total. The lowest BCUT2D eigenvalue weighted by Crippen LogP contribution is -2.31. The van der Waals surface area contributed by atoms with Crippen LogP contribution in [0.25, 0.3) is 21.8 Å². The van der Waals surface area contributed by atoms with Crippen LogP contribution >= 0.6 is 15.9 Å². The molecular weight excluding hydrogens is 472 g/mol. The molecule has 162 valence electrons. The van der Waals surface area contributed by atoms with Crippen LogP contribution < -0.4 is 10.7 Å². The van der Waals surface area contributed by atoms with Gasteiger partial charge in [-0.2, -0.15) is 0 Å². The molecule has 0 radical (unpaired) electrons. The van der Waals surface area contributed by atoms with E-state index in [-0.39, 0.29) is 30.5 Å². The van der Waals surface area contributed by atoms with Gasteiger partial charge in [0.25, 0.3) is 5.91 Å². The number of hydrogen-bond donors (Lipinski definition) is 1. The van der Waals surface area contributed by atoms with Crippen molar-refractivity contribution in [3.05, 3.63) is 93.1 Å². The number of para-hydroxylation sites is 2. The van der Waals surface area contributed by atoms with Gasteiger partial charge in [-0.15, -0.1) is 0 Å². The Hall–Kier alpha value is -3.45. The van der Waals surface area contributed by atoms with Crippen molar-refractivity contribution in [2.24, 2.45) is 0 Å². The number of hydrogen-bond acceptors (Lipinski definition) is 4. The molecule has 1 N–H and O–H groups in total. The summed E-state index contributed by atoms with van der Waals surface area (Å²) in [6.07, 6.45) is 0. The summed E-state index contributed by atoms with van der Waals surface area (Å²) >= 11 is 3.38. The molecule has 0 saturated heterocycles. The predicted octanol–water partition coefficient (Wildman–Crippen LogP) is 4.34. The summed E-state index contributed by atoms with van der Waals surface area (Å²) in [6.45, 7) is 1.37. The van der Waals surface area contributed by atoms with E-state index >= 15 is 0 Å². The Kier molecular flexibility index (Phi) is 6.37. The lowest BCUT2D eigenvalue weighted by Gasteiger charge is -2.16. The maximum absolute atomic E-state index is 12.8. The number of halogens is 1. The molecule has 32 heavy (non-hydrogen) atoms. The molecule has 0 saturated carbocycles. The fraction of sp³-hybridized carbons (Fsp3) is 0.160. The number of carbonyl (C=O) groups is 2. The van der Waals surface area contributed by atoms with Gasteiger partial charge in [0, 0.05) is 15.2 Å². The first-order valence-corrected chi connectivity index (χ1v) is 10.9. The minimum Gasteiger partial charge on any atom is -0.454 e. The molecule has 0 aliphatic rings. The van der Waals surface area contributed by atoms with Gasteiger partial charge in [0.2, 0.25) is 0 Å². The Balaban J connectivity index is 1.47. The van der Waals surface area contributed by atoms with Crippen molar-refractivity contribution < 1.29 is 14.3 Å². The van der Waals surface area contributed by atoms with Gasteiger partial charge in [0.1, 0.15) is 6.54 Å². The zero-order chi connectivity index (χ0) is 22.7. The molecule has 1 aromatic heterocycles. The number of rotatable bonds is 6. The second-order valence-corrected chi connectivity index (χ2v) is 8.37. The van der Waals surface area contributed by atoms with E-state index in [1.807, 2.05) is 43.3 Å². The van der Waals surface area contributed by atoms with Crippen molar-refractivity contribution in [1.82, 2.24) is 9.88 Å². The minimum absolute atomic E-state index is 0.0814. The fourth-order valence-corrected chi connectivity index (χ4v) is 3.95. The van der Waals surface area contributed by atoms with Gasteiger partial charge in [0.15, 0.2) is 12.0 Å². The van der Waals surface area contributed by atoms with E-state index in [1.54, 1.807) is 41.0 Å². The van der Waals surface area contributed by atoms with Gasteiger partial charge in [-0.1, -0.05) is 52.3 Å². The molecule has 1 atom stereocenters. The number of amides is 1. The van der Waals surface area contributed by atoms with E-state index in [2.05, 4.69) is 21.2 Å². The largest absolute Gasteiger partial charge is 0.454 e. The molecule has 1 heterocycles. The summed E-state index contributed by atoms with van der Waals surface area (Å²) in [5.74, 6) is -0.946. The van der Waals surface area contributed by atoms with Crippen molar-refractivity contribution in [3.63, 3.8) is 0 Å². The summed E-state index contributed by atoms with van der Waals surface area (Å²) in [7, 11) is 0. The zero-order valence-corrected chi connectivity index (χ0v) is 19.0. The lowest BCUT2D eigenvalue weighted by molar-refractivity contribution is -0.149. The molecule has 0 aliphatic carbocycles. The number of ether oxygens (including phenoxy) is 1. The van der Waals surface area contributed by atoms with Crippen LogP contribution in [0.3, 0.4) is 0 Å². The lowest BCUT2D eigenvalue weighted by atomic mass is 10.1. The van der Waals surface area contributed by atoms with Crippen LogP contribution in [0, 0.1) is 0 Å². The molecule has 1 unspecified atom stereocenters. The number of fused-ring (bicyclic) bond motifs is 2. The molecule has 3 aromatic carbocycles. The Morgan fingerprint density at radius 1 is 0.938 bits per heavy atom. The average molecular weight is 493 g/mol. The van der Waals surface area contributed by atoms with Gasteiger partial charge >= 0.3 is 5.97 Å². The van der Waals surface area contributed by atoms with Crippen LogP contribution in [0.15, 0.2) is 82.1 Å². The number of nitrogens with one attached hydrogen (secondary N) is 1. The van der Waals surface area contributed by atoms with Gasteiger partial charge in [0.05, 0.1) is 17.1 Å². The first-order valence-electron chi connectivity index (χ1n) is 10.1. The summed E-state index contributed by atoms with van der Waals surface area (Å²) < 4.78 is 7.94. The van der Waals surface area contributed by atoms with Crippen molar-refractivity contribution in [2.45, 2.75) is 19.5 Å². The topological polar surface area (TPSA) is 77.4 Å². The number of pyridine rings is 1. The third-order valence-electron chi connectivity index (χ3n) is 5.28. The fourth-order valence-electron chi connectivity index (χ4n) is 3.69. The maximum Gasteiger partial charge on any atom is 0.326 e. The van der Waals surface area contributed by atoms with E-state index in [4.69, 9.17) is 4.74 Å². The SMILES string of the molecule is CC(NC(=O)COC(=O)Cn1c2ccccc2c(=O)c2ccccc21)c1ccc(Br)cc1. The minimum atomic E-state index is -0.560. The van der Waals surface area contributed by atoms with Crippen LogP contribution in [-0.4, -0.2) is 23.1 Å². The molecular formula is C25H21BrN2O4. The van der Waals surface area contributed by atoms with Gasteiger partial charge < -0.3 is 14.6 Å². The number of benzene rings is 3. The van der Waals surface area contributed by atoms with Gasteiger partial charge in [-0.25, -0.2) is 0 Å². The van der Waals surface area contributed by atoms with E-state index in [1.165, 1.54) is 0 Å². The van der Waals surface area contributed by atoms with Crippen LogP contribution in [0.2, 0.25) is 0 Å². The highest BCUT2D eigenvalue weighted by atomic mass is 79.9. The van der Waals surface area contributed by atoms with Crippen LogP contribution in [-0.2, 0) is 20.9 Å². The Morgan fingerprint density at radius 2 is 1.50 bits per heavy atom. The maximum atomic E-state index is 12.8. The highest BCUT2D eigenvalue weighted by Gasteiger charge is 2.15. The van der Waals surface area contributed by atoms with E-state index in [9.17, 15) is 14.4 Å². The second-order valence-electron chi connectivity index (χ2n) is 7.45. The first kappa shape index (κ1) is 21.8. The highest BCUT2D eigenvalue weighted by Crippen LogP contribution is 2.19. The number of aromatic nitrogens is 1. The summed E-state index contributed by atoms with van der Waals surface area (Å²) in [4.78, 5) is 37.6.